The van der Waals surface area contributed by atoms with Crippen LogP contribution in [-0.2, 0) is 0 Å². The molecule has 0 aliphatic carbocycles. The lowest BCUT2D eigenvalue weighted by molar-refractivity contribution is 0.317. The summed E-state index contributed by atoms with van der Waals surface area (Å²) in [6.45, 7) is 2.62. The maximum absolute atomic E-state index is 13.8. The zero-order chi connectivity index (χ0) is 14.5. The predicted molar refractivity (Wildman–Crippen MR) is 74.6 cm³/mol. The fraction of sp³-hybridized carbons (Fsp3) is 0.250. The quantitative estimate of drug-likeness (QED) is 0.902. The molecule has 0 heterocycles. The molecule has 0 radical (unpaired) electrons. The van der Waals surface area contributed by atoms with Gasteiger partial charge in [0.2, 0.25) is 0 Å². The second-order valence-corrected chi connectivity index (χ2v) is 4.54. The molecule has 2 nitrogen and oxygen atoms in total. The topological polar surface area (TPSA) is 35.2 Å². The highest BCUT2D eigenvalue weighted by atomic mass is 19.2. The highest BCUT2D eigenvalue weighted by molar-refractivity contribution is 5.37. The van der Waals surface area contributed by atoms with E-state index in [0.717, 1.165) is 12.5 Å². The van der Waals surface area contributed by atoms with Crippen molar-refractivity contribution in [1.82, 2.24) is 0 Å². The molecule has 1 atom stereocenters. The van der Waals surface area contributed by atoms with Crippen molar-refractivity contribution in [2.75, 3.05) is 6.61 Å². The van der Waals surface area contributed by atoms with Crippen LogP contribution in [0.1, 0.15) is 30.5 Å². The first-order valence-electron chi connectivity index (χ1n) is 6.55. The summed E-state index contributed by atoms with van der Waals surface area (Å²) in [5.41, 5.74) is 6.84. The molecule has 0 aliphatic heterocycles. The lowest BCUT2D eigenvalue weighted by atomic mass is 9.99. The van der Waals surface area contributed by atoms with Gasteiger partial charge in [0.25, 0.3) is 0 Å². The predicted octanol–water partition coefficient (Wildman–Crippen LogP) is 3.80. The molecule has 2 aromatic rings. The Morgan fingerprint density at radius 2 is 1.90 bits per heavy atom. The SMILES string of the molecule is CCCOc1cccc(C(N)c2cccc(F)c2F)c1. The van der Waals surface area contributed by atoms with Crippen molar-refractivity contribution >= 4 is 0 Å². The molecule has 2 N–H and O–H groups in total. The monoisotopic (exact) mass is 277 g/mol. The number of hydrogen-bond donors (Lipinski definition) is 1. The van der Waals surface area contributed by atoms with E-state index >= 15 is 0 Å². The molecule has 0 saturated carbocycles. The Bertz CT molecular complexity index is 586. The molecule has 20 heavy (non-hydrogen) atoms. The van der Waals surface area contributed by atoms with E-state index < -0.39 is 17.7 Å². The minimum atomic E-state index is -0.903. The molecular weight excluding hydrogens is 260 g/mol. The van der Waals surface area contributed by atoms with Crippen LogP contribution in [0, 0.1) is 11.6 Å². The third kappa shape index (κ3) is 3.14. The lowest BCUT2D eigenvalue weighted by Crippen LogP contribution is -2.14. The summed E-state index contributed by atoms with van der Waals surface area (Å²) in [7, 11) is 0. The highest BCUT2D eigenvalue weighted by Gasteiger charge is 2.16. The van der Waals surface area contributed by atoms with Crippen LogP contribution in [0.5, 0.6) is 5.75 Å². The van der Waals surface area contributed by atoms with Gasteiger partial charge in [-0.25, -0.2) is 8.78 Å². The summed E-state index contributed by atoms with van der Waals surface area (Å²) >= 11 is 0. The van der Waals surface area contributed by atoms with Gasteiger partial charge in [-0.2, -0.15) is 0 Å². The zero-order valence-electron chi connectivity index (χ0n) is 11.3. The Labute approximate surface area is 117 Å². The largest absolute Gasteiger partial charge is 0.494 e. The molecule has 0 spiro atoms. The molecule has 0 fully saturated rings. The van der Waals surface area contributed by atoms with E-state index in [2.05, 4.69) is 0 Å². The number of nitrogens with two attached hydrogens (primary N) is 1. The third-order valence-electron chi connectivity index (χ3n) is 3.01. The Balaban J connectivity index is 2.28. The maximum Gasteiger partial charge on any atom is 0.163 e. The minimum absolute atomic E-state index is 0.137. The van der Waals surface area contributed by atoms with E-state index in [0.29, 0.717) is 17.9 Å². The first-order chi connectivity index (χ1) is 9.63. The molecule has 0 amide bonds. The summed E-state index contributed by atoms with van der Waals surface area (Å²) in [6.07, 6.45) is 0.898. The van der Waals surface area contributed by atoms with Crippen LogP contribution in [0.3, 0.4) is 0 Å². The van der Waals surface area contributed by atoms with Gasteiger partial charge in [0.05, 0.1) is 12.6 Å². The molecule has 2 aromatic carbocycles. The molecular formula is C16H17F2NO. The van der Waals surface area contributed by atoms with Crippen LogP contribution in [0.25, 0.3) is 0 Å². The molecule has 2 rings (SSSR count). The summed E-state index contributed by atoms with van der Waals surface area (Å²) in [6, 6.07) is 10.4. The van der Waals surface area contributed by atoms with Gasteiger partial charge in [-0.3, -0.25) is 0 Å². The van der Waals surface area contributed by atoms with Crippen LogP contribution in [0.15, 0.2) is 42.5 Å². The van der Waals surface area contributed by atoms with Crippen LogP contribution < -0.4 is 10.5 Å². The van der Waals surface area contributed by atoms with E-state index in [1.165, 1.54) is 12.1 Å². The molecule has 106 valence electrons. The van der Waals surface area contributed by atoms with Gasteiger partial charge in [-0.1, -0.05) is 31.2 Å². The molecule has 0 aliphatic rings. The lowest BCUT2D eigenvalue weighted by Gasteiger charge is -2.15. The second-order valence-electron chi connectivity index (χ2n) is 4.54. The van der Waals surface area contributed by atoms with E-state index in [-0.39, 0.29) is 5.56 Å². The van der Waals surface area contributed by atoms with Crippen molar-refractivity contribution in [3.8, 4) is 5.75 Å². The first kappa shape index (κ1) is 14.5. The standard InChI is InChI=1S/C16H17F2NO/c1-2-9-20-12-6-3-5-11(10-12)16(19)13-7-4-8-14(17)15(13)18/h3-8,10,16H,2,9,19H2,1H3. The average molecular weight is 277 g/mol. The van der Waals surface area contributed by atoms with E-state index in [1.807, 2.05) is 13.0 Å². The van der Waals surface area contributed by atoms with Crippen LogP contribution in [0.2, 0.25) is 0 Å². The van der Waals surface area contributed by atoms with Crippen LogP contribution in [0.4, 0.5) is 8.78 Å². The molecule has 4 heteroatoms. The normalized spacial score (nSPS) is 12.2. The highest BCUT2D eigenvalue weighted by Crippen LogP contribution is 2.26. The maximum atomic E-state index is 13.8. The zero-order valence-corrected chi connectivity index (χ0v) is 11.3. The van der Waals surface area contributed by atoms with Gasteiger partial charge >= 0.3 is 0 Å². The molecule has 0 saturated heterocycles. The van der Waals surface area contributed by atoms with Gasteiger partial charge in [-0.05, 0) is 30.2 Å². The first-order valence-corrected chi connectivity index (χ1v) is 6.55. The van der Waals surface area contributed by atoms with Crippen molar-refractivity contribution < 1.29 is 13.5 Å². The van der Waals surface area contributed by atoms with Gasteiger partial charge in [-0.15, -0.1) is 0 Å². The van der Waals surface area contributed by atoms with E-state index in [9.17, 15) is 8.78 Å². The Morgan fingerprint density at radius 3 is 2.65 bits per heavy atom. The van der Waals surface area contributed by atoms with Crippen LogP contribution in [-0.4, -0.2) is 6.61 Å². The Kier molecular flexibility index (Phi) is 4.69. The fourth-order valence-electron chi connectivity index (χ4n) is 1.96. The van der Waals surface area contributed by atoms with E-state index in [4.69, 9.17) is 10.5 Å². The number of halogens is 2. The number of ether oxygens (including phenoxy) is 1. The van der Waals surface area contributed by atoms with Gasteiger partial charge in [0.15, 0.2) is 11.6 Å². The summed E-state index contributed by atoms with van der Waals surface area (Å²) in [5.74, 6) is -1.12. The van der Waals surface area contributed by atoms with E-state index in [1.54, 1.807) is 18.2 Å². The van der Waals surface area contributed by atoms with Gasteiger partial charge in [0, 0.05) is 5.56 Å². The fourth-order valence-corrected chi connectivity index (χ4v) is 1.96. The molecule has 0 bridgehead atoms. The van der Waals surface area contributed by atoms with Gasteiger partial charge in [0.1, 0.15) is 5.75 Å². The number of hydrogen-bond acceptors (Lipinski definition) is 2. The average Bonchev–Trinajstić information content (AvgIpc) is 2.47. The van der Waals surface area contributed by atoms with Crippen molar-refractivity contribution in [3.63, 3.8) is 0 Å². The van der Waals surface area contributed by atoms with Crippen molar-refractivity contribution in [1.29, 1.82) is 0 Å². The minimum Gasteiger partial charge on any atom is -0.494 e. The van der Waals surface area contributed by atoms with Crippen molar-refractivity contribution in [3.05, 3.63) is 65.2 Å². The number of rotatable bonds is 5. The summed E-state index contributed by atoms with van der Waals surface area (Å²) in [5, 5.41) is 0. The third-order valence-corrected chi connectivity index (χ3v) is 3.01. The van der Waals surface area contributed by atoms with Gasteiger partial charge < -0.3 is 10.5 Å². The second kappa shape index (κ2) is 6.48. The van der Waals surface area contributed by atoms with Crippen molar-refractivity contribution in [2.45, 2.75) is 19.4 Å². The van der Waals surface area contributed by atoms with Crippen molar-refractivity contribution in [2.24, 2.45) is 5.73 Å². The Morgan fingerprint density at radius 1 is 1.15 bits per heavy atom. The molecule has 0 aromatic heterocycles. The number of benzene rings is 2. The summed E-state index contributed by atoms with van der Waals surface area (Å²) < 4.78 is 32.5. The van der Waals surface area contributed by atoms with Crippen LogP contribution >= 0.6 is 0 Å². The Hall–Kier alpha value is -1.94. The molecule has 1 unspecified atom stereocenters. The smallest absolute Gasteiger partial charge is 0.163 e. The summed E-state index contributed by atoms with van der Waals surface area (Å²) in [4.78, 5) is 0.